The molecule has 0 saturated carbocycles. The van der Waals surface area contributed by atoms with Crippen LogP contribution in [0.15, 0.2) is 23.3 Å². The summed E-state index contributed by atoms with van der Waals surface area (Å²) in [5.74, 6) is 0.561. The van der Waals surface area contributed by atoms with Crippen LogP contribution in [0.1, 0.15) is 26.5 Å². The van der Waals surface area contributed by atoms with Crippen molar-refractivity contribution < 1.29 is 4.74 Å². The van der Waals surface area contributed by atoms with Gasteiger partial charge in [0.15, 0.2) is 0 Å². The summed E-state index contributed by atoms with van der Waals surface area (Å²) in [6, 6.07) is 3.75. The van der Waals surface area contributed by atoms with E-state index in [0.29, 0.717) is 23.2 Å². The van der Waals surface area contributed by atoms with Crippen molar-refractivity contribution in [3.63, 3.8) is 0 Å². The van der Waals surface area contributed by atoms with E-state index in [-0.39, 0.29) is 11.5 Å². The maximum atomic E-state index is 6.04. The summed E-state index contributed by atoms with van der Waals surface area (Å²) in [5, 5.41) is 0.579. The third-order valence-electron chi connectivity index (χ3n) is 2.61. The van der Waals surface area contributed by atoms with Crippen LogP contribution in [-0.2, 0) is 4.74 Å². The van der Waals surface area contributed by atoms with Gasteiger partial charge < -0.3 is 4.74 Å². The average Bonchev–Trinajstić information content (AvgIpc) is 2.66. The van der Waals surface area contributed by atoms with Crippen LogP contribution in [0, 0.1) is 5.41 Å². The van der Waals surface area contributed by atoms with Crippen LogP contribution in [0.25, 0.3) is 0 Å². The number of aliphatic imine (C=N–C) groups is 1. The molecule has 86 valence electrons. The number of hydrogen-bond donors (Lipinski definition) is 0. The molecule has 1 aromatic rings. The molecule has 3 nitrogen and oxygen atoms in total. The molecule has 0 bridgehead atoms. The molecule has 16 heavy (non-hydrogen) atoms. The summed E-state index contributed by atoms with van der Waals surface area (Å²) in [4.78, 5) is 8.73. The molecule has 0 aromatic carbocycles. The van der Waals surface area contributed by atoms with Crippen molar-refractivity contribution in [1.82, 2.24) is 4.98 Å². The fourth-order valence-corrected chi connectivity index (χ4v) is 1.69. The fraction of sp³-hybridized carbons (Fsp3) is 0.500. The second-order valence-electron chi connectivity index (χ2n) is 4.96. The third-order valence-corrected chi connectivity index (χ3v) is 2.92. The number of aromatic nitrogens is 1. The summed E-state index contributed by atoms with van der Waals surface area (Å²) in [7, 11) is 0. The van der Waals surface area contributed by atoms with Gasteiger partial charge in [0.2, 0.25) is 5.90 Å². The predicted octanol–water partition coefficient (Wildman–Crippen LogP) is 2.93. The van der Waals surface area contributed by atoms with Crippen LogP contribution in [0.3, 0.4) is 0 Å². The molecule has 4 heteroatoms. The summed E-state index contributed by atoms with van der Waals surface area (Å²) >= 11 is 6.04. The largest absolute Gasteiger partial charge is 0.474 e. The molecule has 0 radical (unpaired) electrons. The third kappa shape index (κ3) is 2.19. The summed E-state index contributed by atoms with van der Waals surface area (Å²) in [5.41, 5.74) is 0.735. The van der Waals surface area contributed by atoms with Crippen molar-refractivity contribution in [3.05, 3.63) is 29.0 Å². The molecule has 2 heterocycles. The molecule has 0 saturated heterocycles. The molecule has 1 aliphatic rings. The van der Waals surface area contributed by atoms with E-state index in [2.05, 4.69) is 30.7 Å². The predicted molar refractivity (Wildman–Crippen MR) is 65.0 cm³/mol. The normalized spacial score (nSPS) is 20.5. The Bertz CT molecular complexity index is 423. The van der Waals surface area contributed by atoms with E-state index < -0.39 is 0 Å². The minimum atomic E-state index is 0.100. The first-order valence-electron chi connectivity index (χ1n) is 5.30. The van der Waals surface area contributed by atoms with Crippen LogP contribution in [0.2, 0.25) is 5.02 Å². The monoisotopic (exact) mass is 238 g/mol. The van der Waals surface area contributed by atoms with Gasteiger partial charge in [-0.25, -0.2) is 9.98 Å². The minimum Gasteiger partial charge on any atom is -0.474 e. The number of rotatable bonds is 1. The van der Waals surface area contributed by atoms with Gasteiger partial charge in [-0.3, -0.25) is 0 Å². The SMILES string of the molecule is CC(C)(C)[C@H]1COC(c2ncccc2Cl)=N1. The molecule has 0 unspecified atom stereocenters. The molecule has 0 fully saturated rings. The average molecular weight is 239 g/mol. The zero-order valence-electron chi connectivity index (χ0n) is 9.70. The molecule has 0 spiro atoms. The summed E-state index contributed by atoms with van der Waals surface area (Å²) in [6.07, 6.45) is 1.69. The summed E-state index contributed by atoms with van der Waals surface area (Å²) < 4.78 is 5.56. The molecule has 0 aliphatic carbocycles. The first kappa shape index (κ1) is 11.4. The Kier molecular flexibility index (Phi) is 2.89. The van der Waals surface area contributed by atoms with Crippen molar-refractivity contribution in [3.8, 4) is 0 Å². The van der Waals surface area contributed by atoms with Crippen molar-refractivity contribution >= 4 is 17.5 Å². The lowest BCUT2D eigenvalue weighted by Crippen LogP contribution is -2.25. The number of halogens is 1. The Labute approximate surface area is 101 Å². The van der Waals surface area contributed by atoms with Crippen LogP contribution in [0.5, 0.6) is 0 Å². The molecule has 1 aromatic heterocycles. The van der Waals surface area contributed by atoms with Gasteiger partial charge >= 0.3 is 0 Å². The van der Waals surface area contributed by atoms with E-state index in [9.17, 15) is 0 Å². The van der Waals surface area contributed by atoms with E-state index in [4.69, 9.17) is 16.3 Å². The van der Waals surface area contributed by atoms with Crippen LogP contribution in [0.4, 0.5) is 0 Å². The lowest BCUT2D eigenvalue weighted by Gasteiger charge is -2.21. The number of ether oxygens (including phenoxy) is 1. The minimum absolute atomic E-state index is 0.100. The highest BCUT2D eigenvalue weighted by atomic mass is 35.5. The fourth-order valence-electron chi connectivity index (χ4n) is 1.49. The van der Waals surface area contributed by atoms with E-state index in [1.165, 1.54) is 0 Å². The number of hydrogen-bond acceptors (Lipinski definition) is 3. The van der Waals surface area contributed by atoms with Crippen molar-refractivity contribution in [2.45, 2.75) is 26.8 Å². The first-order chi connectivity index (χ1) is 7.48. The lowest BCUT2D eigenvalue weighted by molar-refractivity contribution is 0.235. The zero-order valence-corrected chi connectivity index (χ0v) is 10.5. The standard InChI is InChI=1S/C12H15ClN2O/c1-12(2,3)9-7-16-11(15-9)10-8(13)5-4-6-14-10/h4-6,9H,7H2,1-3H3/t9-/m1/s1. The van der Waals surface area contributed by atoms with Crippen LogP contribution < -0.4 is 0 Å². The van der Waals surface area contributed by atoms with Gasteiger partial charge in [-0.15, -0.1) is 0 Å². The van der Waals surface area contributed by atoms with E-state index >= 15 is 0 Å². The Balaban J connectivity index is 2.28. The molecule has 2 rings (SSSR count). The van der Waals surface area contributed by atoms with Gasteiger partial charge in [0.05, 0.1) is 11.1 Å². The van der Waals surface area contributed by atoms with Gasteiger partial charge in [-0.1, -0.05) is 32.4 Å². The zero-order chi connectivity index (χ0) is 11.8. The highest BCUT2D eigenvalue weighted by Gasteiger charge is 2.31. The maximum absolute atomic E-state index is 6.04. The summed E-state index contributed by atoms with van der Waals surface area (Å²) in [6.45, 7) is 7.04. The lowest BCUT2D eigenvalue weighted by atomic mass is 9.88. The van der Waals surface area contributed by atoms with Crippen LogP contribution in [-0.4, -0.2) is 23.5 Å². The van der Waals surface area contributed by atoms with Crippen molar-refractivity contribution in [2.75, 3.05) is 6.61 Å². The van der Waals surface area contributed by atoms with E-state index in [1.54, 1.807) is 18.3 Å². The highest BCUT2D eigenvalue weighted by Crippen LogP contribution is 2.28. The Hall–Kier alpha value is -1.09. The number of pyridine rings is 1. The Morgan fingerprint density at radius 3 is 2.75 bits per heavy atom. The van der Waals surface area contributed by atoms with E-state index in [0.717, 1.165) is 0 Å². The van der Waals surface area contributed by atoms with Gasteiger partial charge in [0.25, 0.3) is 0 Å². The molecular weight excluding hydrogens is 224 g/mol. The topological polar surface area (TPSA) is 34.5 Å². The van der Waals surface area contributed by atoms with Crippen molar-refractivity contribution in [1.29, 1.82) is 0 Å². The molecule has 1 aliphatic heterocycles. The van der Waals surface area contributed by atoms with Crippen LogP contribution >= 0.6 is 11.6 Å². The molecule has 1 atom stereocenters. The molecule has 0 N–H and O–H groups in total. The molecular formula is C12H15ClN2O. The molecule has 0 amide bonds. The van der Waals surface area contributed by atoms with Gasteiger partial charge in [0.1, 0.15) is 12.3 Å². The smallest absolute Gasteiger partial charge is 0.237 e. The van der Waals surface area contributed by atoms with Gasteiger partial charge in [0, 0.05) is 6.20 Å². The van der Waals surface area contributed by atoms with E-state index in [1.807, 2.05) is 0 Å². The van der Waals surface area contributed by atoms with Crippen molar-refractivity contribution in [2.24, 2.45) is 10.4 Å². The van der Waals surface area contributed by atoms with Gasteiger partial charge in [-0.2, -0.15) is 0 Å². The quantitative estimate of drug-likeness (QED) is 0.754. The second kappa shape index (κ2) is 4.06. The maximum Gasteiger partial charge on any atom is 0.237 e. The first-order valence-corrected chi connectivity index (χ1v) is 5.68. The van der Waals surface area contributed by atoms with Gasteiger partial charge in [-0.05, 0) is 17.5 Å². The Morgan fingerprint density at radius 1 is 1.44 bits per heavy atom. The number of nitrogens with zero attached hydrogens (tertiary/aromatic N) is 2. The second-order valence-corrected chi connectivity index (χ2v) is 5.37. The highest BCUT2D eigenvalue weighted by molar-refractivity contribution is 6.33. The Morgan fingerprint density at radius 2 is 2.19 bits per heavy atom.